The van der Waals surface area contributed by atoms with E-state index < -0.39 is 5.82 Å². The van der Waals surface area contributed by atoms with Crippen molar-refractivity contribution in [1.29, 1.82) is 0 Å². The quantitative estimate of drug-likeness (QED) is 0.277. The predicted octanol–water partition coefficient (Wildman–Crippen LogP) is 5.86. The highest BCUT2D eigenvalue weighted by atomic mass is 19.1. The Morgan fingerprint density at radius 1 is 1.00 bits per heavy atom. The normalized spacial score (nSPS) is 11.3. The molecule has 6 aromatic rings. The third kappa shape index (κ3) is 4.08. The number of pyridine rings is 2. The van der Waals surface area contributed by atoms with Crippen molar-refractivity contribution < 1.29 is 13.6 Å². The Balaban J connectivity index is 1.46. The summed E-state index contributed by atoms with van der Waals surface area (Å²) in [6.07, 6.45) is 4.98. The molecule has 0 radical (unpaired) electrons. The molecular weight excluding hydrogens is 476 g/mol. The second kappa shape index (κ2) is 8.90. The summed E-state index contributed by atoms with van der Waals surface area (Å²) < 4.78 is 28.9. The van der Waals surface area contributed by atoms with Crippen LogP contribution in [0.4, 0.5) is 14.5 Å². The first-order valence-corrected chi connectivity index (χ1v) is 11.5. The molecule has 10 heteroatoms. The van der Waals surface area contributed by atoms with Gasteiger partial charge >= 0.3 is 0 Å². The fourth-order valence-electron chi connectivity index (χ4n) is 4.24. The zero-order valence-corrected chi connectivity index (χ0v) is 19.5. The molecule has 4 heterocycles. The average molecular weight is 495 g/mol. The molecule has 0 saturated heterocycles. The third-order valence-electron chi connectivity index (χ3n) is 6.03. The average Bonchev–Trinajstić information content (AvgIpc) is 3.51. The Morgan fingerprint density at radius 2 is 1.89 bits per heavy atom. The van der Waals surface area contributed by atoms with Crippen LogP contribution in [0.25, 0.3) is 55.8 Å². The van der Waals surface area contributed by atoms with Crippen molar-refractivity contribution in [1.82, 2.24) is 30.1 Å². The van der Waals surface area contributed by atoms with Gasteiger partial charge in [-0.3, -0.25) is 19.9 Å². The number of hydrogen-bond acceptors (Lipinski definition) is 5. The van der Waals surface area contributed by atoms with Crippen LogP contribution in [0.3, 0.4) is 0 Å². The van der Waals surface area contributed by atoms with E-state index in [1.165, 1.54) is 30.6 Å². The maximum Gasteiger partial charge on any atom is 0.224 e. The van der Waals surface area contributed by atoms with Crippen LogP contribution in [0.2, 0.25) is 0 Å². The van der Waals surface area contributed by atoms with Crippen LogP contribution >= 0.6 is 0 Å². The van der Waals surface area contributed by atoms with Crippen LogP contribution in [0.1, 0.15) is 13.3 Å². The molecule has 4 aromatic heterocycles. The first kappa shape index (κ1) is 22.5. The number of H-pyrrole nitrogens is 2. The van der Waals surface area contributed by atoms with Gasteiger partial charge in [-0.25, -0.2) is 13.8 Å². The third-order valence-corrected chi connectivity index (χ3v) is 6.03. The Morgan fingerprint density at radius 3 is 2.73 bits per heavy atom. The van der Waals surface area contributed by atoms with E-state index in [1.54, 1.807) is 43.5 Å². The molecular formula is C27H19F2N7O. The zero-order valence-electron chi connectivity index (χ0n) is 19.5. The van der Waals surface area contributed by atoms with Gasteiger partial charge < -0.3 is 10.3 Å². The smallest absolute Gasteiger partial charge is 0.224 e. The molecule has 0 saturated carbocycles. The van der Waals surface area contributed by atoms with Crippen molar-refractivity contribution in [2.75, 3.05) is 5.32 Å². The fourth-order valence-corrected chi connectivity index (χ4v) is 4.24. The minimum atomic E-state index is -0.467. The molecule has 0 aliphatic heterocycles. The van der Waals surface area contributed by atoms with Crippen molar-refractivity contribution >= 4 is 33.5 Å². The van der Waals surface area contributed by atoms with Gasteiger partial charge in [-0.15, -0.1) is 0 Å². The number of carbonyl (C=O) groups is 1. The van der Waals surface area contributed by atoms with E-state index in [0.29, 0.717) is 67.9 Å². The number of anilines is 1. The second-order valence-corrected chi connectivity index (χ2v) is 8.47. The summed E-state index contributed by atoms with van der Waals surface area (Å²) in [6.45, 7) is 1.75. The lowest BCUT2D eigenvalue weighted by atomic mass is 10.0. The molecule has 0 fully saturated rings. The molecule has 0 spiro atoms. The lowest BCUT2D eigenvalue weighted by Crippen LogP contribution is -2.09. The standard InChI is InChI=1S/C27H19F2N7O/c1-2-23(37)32-17-9-15(12-30-13-17)18-10-19-22(11-20(18)29)35-36-25(19)27-33-21-6-7-31-24(26(21)34-27)14-4-3-5-16(28)8-14/h3-13H,2H2,1H3,(H,32,37)(H,33,34)(H,35,36). The van der Waals surface area contributed by atoms with E-state index in [-0.39, 0.29) is 11.7 Å². The number of fused-ring (bicyclic) bond motifs is 2. The number of amides is 1. The van der Waals surface area contributed by atoms with Crippen LogP contribution < -0.4 is 5.32 Å². The molecule has 182 valence electrons. The van der Waals surface area contributed by atoms with E-state index in [2.05, 4.69) is 30.5 Å². The van der Waals surface area contributed by atoms with Gasteiger partial charge in [0.05, 0.1) is 28.6 Å². The van der Waals surface area contributed by atoms with Crippen LogP contribution in [0.5, 0.6) is 0 Å². The van der Waals surface area contributed by atoms with E-state index >= 15 is 4.39 Å². The lowest BCUT2D eigenvalue weighted by molar-refractivity contribution is -0.115. The molecule has 0 bridgehead atoms. The van der Waals surface area contributed by atoms with Gasteiger partial charge in [0.2, 0.25) is 5.91 Å². The van der Waals surface area contributed by atoms with Crippen LogP contribution in [-0.2, 0) is 4.79 Å². The molecule has 0 atom stereocenters. The highest BCUT2D eigenvalue weighted by molar-refractivity contribution is 5.98. The van der Waals surface area contributed by atoms with Gasteiger partial charge in [0.1, 0.15) is 22.8 Å². The summed E-state index contributed by atoms with van der Waals surface area (Å²) in [7, 11) is 0. The van der Waals surface area contributed by atoms with E-state index in [1.807, 2.05) is 0 Å². The molecule has 0 aliphatic carbocycles. The first-order valence-electron chi connectivity index (χ1n) is 11.5. The van der Waals surface area contributed by atoms with E-state index in [4.69, 9.17) is 4.98 Å². The van der Waals surface area contributed by atoms with Gasteiger partial charge in [-0.1, -0.05) is 19.1 Å². The second-order valence-electron chi connectivity index (χ2n) is 8.47. The summed E-state index contributed by atoms with van der Waals surface area (Å²) in [5.41, 5.74) is 4.65. The number of aromatic nitrogens is 6. The summed E-state index contributed by atoms with van der Waals surface area (Å²) in [6, 6.07) is 12.6. The van der Waals surface area contributed by atoms with Crippen LogP contribution in [-0.4, -0.2) is 36.0 Å². The maximum atomic E-state index is 15.1. The summed E-state index contributed by atoms with van der Waals surface area (Å²) in [4.78, 5) is 28.3. The number of aromatic amines is 2. The topological polar surface area (TPSA) is 112 Å². The van der Waals surface area contributed by atoms with E-state index in [9.17, 15) is 9.18 Å². The Kier molecular flexibility index (Phi) is 5.41. The summed E-state index contributed by atoms with van der Waals surface area (Å²) in [5.74, 6) is -0.547. The highest BCUT2D eigenvalue weighted by Gasteiger charge is 2.18. The monoisotopic (exact) mass is 495 g/mol. The summed E-state index contributed by atoms with van der Waals surface area (Å²) >= 11 is 0. The summed E-state index contributed by atoms with van der Waals surface area (Å²) in [5, 5.41) is 10.6. The van der Waals surface area contributed by atoms with Crippen molar-refractivity contribution in [3.05, 3.63) is 78.8 Å². The van der Waals surface area contributed by atoms with Crippen LogP contribution in [0, 0.1) is 11.6 Å². The van der Waals surface area contributed by atoms with Gasteiger partial charge in [0, 0.05) is 47.0 Å². The Hall–Kier alpha value is -4.99. The van der Waals surface area contributed by atoms with Gasteiger partial charge in [-0.2, -0.15) is 5.10 Å². The van der Waals surface area contributed by atoms with Crippen molar-refractivity contribution in [3.63, 3.8) is 0 Å². The zero-order chi connectivity index (χ0) is 25.5. The maximum absolute atomic E-state index is 15.1. The number of halogens is 2. The fraction of sp³-hybridized carbons (Fsp3) is 0.0741. The molecule has 8 nitrogen and oxygen atoms in total. The van der Waals surface area contributed by atoms with Gasteiger partial charge in [0.15, 0.2) is 5.82 Å². The number of nitrogens with one attached hydrogen (secondary N) is 3. The van der Waals surface area contributed by atoms with Gasteiger partial charge in [0.25, 0.3) is 0 Å². The van der Waals surface area contributed by atoms with Crippen LogP contribution in [0.15, 0.2) is 67.1 Å². The van der Waals surface area contributed by atoms with Crippen molar-refractivity contribution in [2.24, 2.45) is 0 Å². The van der Waals surface area contributed by atoms with Crippen molar-refractivity contribution in [3.8, 4) is 33.9 Å². The molecule has 0 aliphatic rings. The molecule has 3 N–H and O–H groups in total. The number of imidazole rings is 1. The molecule has 1 amide bonds. The molecule has 6 rings (SSSR count). The lowest BCUT2D eigenvalue weighted by Gasteiger charge is -2.08. The SMILES string of the molecule is CCC(=O)Nc1cncc(-c2cc3c(-c4nc5c(-c6cccc(F)c6)nccc5[nH]4)n[nH]c3cc2F)c1. The number of rotatable bonds is 5. The number of carbonyl (C=O) groups excluding carboxylic acids is 1. The Labute approximate surface area is 208 Å². The van der Waals surface area contributed by atoms with E-state index in [0.717, 1.165) is 0 Å². The van der Waals surface area contributed by atoms with Crippen molar-refractivity contribution in [2.45, 2.75) is 13.3 Å². The number of nitrogens with zero attached hydrogens (tertiary/aromatic N) is 4. The van der Waals surface area contributed by atoms with Gasteiger partial charge in [-0.05, 0) is 30.3 Å². The number of hydrogen-bond donors (Lipinski definition) is 3. The largest absolute Gasteiger partial charge is 0.336 e. The predicted molar refractivity (Wildman–Crippen MR) is 136 cm³/mol. The highest BCUT2D eigenvalue weighted by Crippen LogP contribution is 2.34. The molecule has 37 heavy (non-hydrogen) atoms. The minimum absolute atomic E-state index is 0.163. The number of benzene rings is 2. The first-order chi connectivity index (χ1) is 18.0. The Bertz CT molecular complexity index is 1810. The molecule has 2 aromatic carbocycles. The molecule has 0 unspecified atom stereocenters. The minimum Gasteiger partial charge on any atom is -0.336 e.